The number of aromatic carboxylic acids is 1. The number of rotatable bonds is 17. The normalized spacial score (nSPS) is 15.4. The van der Waals surface area contributed by atoms with E-state index in [9.17, 15) is 14.7 Å². The summed E-state index contributed by atoms with van der Waals surface area (Å²) in [7, 11) is 0. The minimum atomic E-state index is -0.946. The number of carboxylic acid groups (broad SMARTS) is 2. The molecule has 0 bridgehead atoms. The molecule has 1 aliphatic rings. The second kappa shape index (κ2) is 16.4. The molecule has 2 atom stereocenters. The molecule has 42 heavy (non-hydrogen) atoms. The van der Waals surface area contributed by atoms with Gasteiger partial charge in [0.05, 0.1) is 18.3 Å². The second-order valence-corrected chi connectivity index (χ2v) is 11.0. The van der Waals surface area contributed by atoms with Gasteiger partial charge in [0.25, 0.3) is 0 Å². The SMILES string of the molecule is O=C(O)CCCCN(Cc1ccc(C(=O)O)cc1)C[C@@H](OCC1=CC(CCc2ccccc2)CC=C1)c1ccccc1. The van der Waals surface area contributed by atoms with Crippen LogP contribution in [0.5, 0.6) is 0 Å². The van der Waals surface area contributed by atoms with E-state index in [0.717, 1.165) is 36.8 Å². The molecule has 0 radical (unpaired) electrons. The van der Waals surface area contributed by atoms with Gasteiger partial charge in [-0.25, -0.2) is 4.79 Å². The molecule has 3 aromatic carbocycles. The number of carboxylic acids is 2. The summed E-state index contributed by atoms with van der Waals surface area (Å²) >= 11 is 0. The van der Waals surface area contributed by atoms with Gasteiger partial charge in [0, 0.05) is 19.5 Å². The number of carbonyl (C=O) groups is 2. The number of ether oxygens (including phenoxy) is 1. The van der Waals surface area contributed by atoms with Crippen LogP contribution in [0.1, 0.15) is 65.3 Å². The third kappa shape index (κ3) is 10.4. The monoisotopic (exact) mass is 567 g/mol. The molecule has 0 spiro atoms. The van der Waals surface area contributed by atoms with E-state index in [1.807, 2.05) is 30.3 Å². The minimum Gasteiger partial charge on any atom is -0.481 e. The van der Waals surface area contributed by atoms with Crippen LogP contribution < -0.4 is 0 Å². The summed E-state index contributed by atoms with van der Waals surface area (Å²) in [5.74, 6) is -1.24. The van der Waals surface area contributed by atoms with Gasteiger partial charge in [-0.1, -0.05) is 91.0 Å². The van der Waals surface area contributed by atoms with Gasteiger partial charge in [-0.15, -0.1) is 0 Å². The molecule has 4 rings (SSSR count). The third-order valence-electron chi connectivity index (χ3n) is 7.64. The Balaban J connectivity index is 1.43. The van der Waals surface area contributed by atoms with Crippen molar-refractivity contribution in [2.24, 2.45) is 5.92 Å². The van der Waals surface area contributed by atoms with Gasteiger partial charge < -0.3 is 14.9 Å². The summed E-state index contributed by atoms with van der Waals surface area (Å²) in [6.07, 6.45) is 11.3. The molecule has 1 unspecified atom stereocenters. The molecular formula is C36H41NO5. The Morgan fingerprint density at radius 3 is 2.29 bits per heavy atom. The van der Waals surface area contributed by atoms with Gasteiger partial charge in [-0.2, -0.15) is 0 Å². The topological polar surface area (TPSA) is 87.1 Å². The van der Waals surface area contributed by atoms with Gasteiger partial charge in [0.2, 0.25) is 0 Å². The molecule has 3 aromatic rings. The largest absolute Gasteiger partial charge is 0.481 e. The smallest absolute Gasteiger partial charge is 0.335 e. The molecule has 6 heteroatoms. The van der Waals surface area contributed by atoms with Crippen molar-refractivity contribution in [2.45, 2.75) is 51.2 Å². The fourth-order valence-corrected chi connectivity index (χ4v) is 5.33. The number of benzene rings is 3. The van der Waals surface area contributed by atoms with Crippen molar-refractivity contribution in [3.05, 3.63) is 131 Å². The Hall–Kier alpha value is -4.00. The average molecular weight is 568 g/mol. The molecule has 0 aromatic heterocycles. The second-order valence-electron chi connectivity index (χ2n) is 11.0. The number of hydrogen-bond acceptors (Lipinski definition) is 4. The van der Waals surface area contributed by atoms with Crippen molar-refractivity contribution in [1.82, 2.24) is 4.90 Å². The summed E-state index contributed by atoms with van der Waals surface area (Å²) in [5, 5.41) is 18.4. The first-order valence-electron chi connectivity index (χ1n) is 14.8. The highest BCUT2D eigenvalue weighted by atomic mass is 16.5. The third-order valence-corrected chi connectivity index (χ3v) is 7.64. The van der Waals surface area contributed by atoms with E-state index in [2.05, 4.69) is 65.6 Å². The first-order valence-corrected chi connectivity index (χ1v) is 14.8. The molecule has 220 valence electrons. The number of unbranched alkanes of at least 4 members (excludes halogenated alkanes) is 1. The molecule has 1 aliphatic carbocycles. The summed E-state index contributed by atoms with van der Waals surface area (Å²) in [6.45, 7) is 2.47. The zero-order chi connectivity index (χ0) is 29.6. The maximum atomic E-state index is 11.3. The molecule has 0 saturated heterocycles. The average Bonchev–Trinajstić information content (AvgIpc) is 3.01. The van der Waals surface area contributed by atoms with E-state index in [0.29, 0.717) is 38.6 Å². The number of aryl methyl sites for hydroxylation is 1. The number of aliphatic carboxylic acids is 1. The quantitative estimate of drug-likeness (QED) is 0.166. The maximum Gasteiger partial charge on any atom is 0.335 e. The van der Waals surface area contributed by atoms with E-state index < -0.39 is 11.9 Å². The fourth-order valence-electron chi connectivity index (χ4n) is 5.33. The molecule has 0 fully saturated rings. The Bertz CT molecular complexity index is 1320. The van der Waals surface area contributed by atoms with Crippen LogP contribution in [0.25, 0.3) is 0 Å². The molecule has 0 amide bonds. The Morgan fingerprint density at radius 1 is 0.881 bits per heavy atom. The number of nitrogens with zero attached hydrogens (tertiary/aromatic N) is 1. The fraction of sp³-hybridized carbons (Fsp3) is 0.333. The molecule has 0 saturated carbocycles. The standard InChI is InChI=1S/C36H41NO5/c38-35(39)16-7-8-23-37(25-30-19-21-33(22-20-30)36(40)41)26-34(32-14-5-2-6-15-32)42-27-31-13-9-12-29(24-31)18-17-28-10-3-1-4-11-28/h1-6,9-11,13-15,19-22,24,29,34H,7-8,12,16-18,23,25-27H2,(H,38,39)(H,40,41)/t29?,34-/m1/s1. The van der Waals surface area contributed by atoms with Crippen molar-refractivity contribution in [1.29, 1.82) is 0 Å². The Labute approximate surface area is 249 Å². The van der Waals surface area contributed by atoms with Gasteiger partial charge in [-0.05, 0) is 79.0 Å². The molecule has 2 N–H and O–H groups in total. The van der Waals surface area contributed by atoms with Crippen LogP contribution in [0.15, 0.2) is 109 Å². The number of allylic oxidation sites excluding steroid dienone is 2. The van der Waals surface area contributed by atoms with Gasteiger partial charge in [0.15, 0.2) is 0 Å². The van der Waals surface area contributed by atoms with Crippen LogP contribution in [-0.4, -0.2) is 46.7 Å². The first kappa shape index (κ1) is 30.9. The summed E-state index contributed by atoms with van der Waals surface area (Å²) in [6, 6.07) is 27.8. The van der Waals surface area contributed by atoms with Crippen LogP contribution in [0, 0.1) is 5.92 Å². The minimum absolute atomic E-state index is 0.145. The predicted octanol–water partition coefficient (Wildman–Crippen LogP) is 7.33. The molecular weight excluding hydrogens is 526 g/mol. The zero-order valence-corrected chi connectivity index (χ0v) is 24.1. The predicted molar refractivity (Wildman–Crippen MR) is 165 cm³/mol. The zero-order valence-electron chi connectivity index (χ0n) is 24.1. The number of hydrogen-bond donors (Lipinski definition) is 2. The van der Waals surface area contributed by atoms with Crippen molar-refractivity contribution < 1.29 is 24.5 Å². The molecule has 0 aliphatic heterocycles. The Morgan fingerprint density at radius 2 is 1.60 bits per heavy atom. The highest BCUT2D eigenvalue weighted by molar-refractivity contribution is 5.87. The summed E-state index contributed by atoms with van der Waals surface area (Å²) in [5.41, 5.74) is 4.91. The maximum absolute atomic E-state index is 11.3. The van der Waals surface area contributed by atoms with Crippen LogP contribution in [-0.2, 0) is 22.5 Å². The van der Waals surface area contributed by atoms with Crippen molar-refractivity contribution in [3.63, 3.8) is 0 Å². The molecule has 0 heterocycles. The lowest BCUT2D eigenvalue weighted by molar-refractivity contribution is -0.137. The van der Waals surface area contributed by atoms with E-state index in [1.54, 1.807) is 12.1 Å². The van der Waals surface area contributed by atoms with E-state index in [-0.39, 0.29) is 18.1 Å². The van der Waals surface area contributed by atoms with Crippen molar-refractivity contribution in [3.8, 4) is 0 Å². The van der Waals surface area contributed by atoms with E-state index >= 15 is 0 Å². The lowest BCUT2D eigenvalue weighted by atomic mass is 9.91. The van der Waals surface area contributed by atoms with E-state index in [4.69, 9.17) is 9.84 Å². The lowest BCUT2D eigenvalue weighted by Gasteiger charge is -2.29. The Kier molecular flexibility index (Phi) is 12.1. The van der Waals surface area contributed by atoms with Crippen LogP contribution in [0.3, 0.4) is 0 Å². The first-order chi connectivity index (χ1) is 20.5. The lowest BCUT2D eigenvalue weighted by Crippen LogP contribution is -2.31. The van der Waals surface area contributed by atoms with Crippen LogP contribution in [0.4, 0.5) is 0 Å². The summed E-state index contributed by atoms with van der Waals surface area (Å²) in [4.78, 5) is 24.7. The van der Waals surface area contributed by atoms with Gasteiger partial charge in [-0.3, -0.25) is 9.69 Å². The van der Waals surface area contributed by atoms with Crippen LogP contribution in [0.2, 0.25) is 0 Å². The van der Waals surface area contributed by atoms with Gasteiger partial charge in [0.1, 0.15) is 0 Å². The van der Waals surface area contributed by atoms with Gasteiger partial charge >= 0.3 is 11.9 Å². The highest BCUT2D eigenvalue weighted by Crippen LogP contribution is 2.26. The van der Waals surface area contributed by atoms with Crippen molar-refractivity contribution >= 4 is 11.9 Å². The highest BCUT2D eigenvalue weighted by Gasteiger charge is 2.19. The van der Waals surface area contributed by atoms with Crippen molar-refractivity contribution in [2.75, 3.05) is 19.7 Å². The van der Waals surface area contributed by atoms with E-state index in [1.165, 1.54) is 11.1 Å². The summed E-state index contributed by atoms with van der Waals surface area (Å²) < 4.78 is 6.61. The molecule has 6 nitrogen and oxygen atoms in total. The van der Waals surface area contributed by atoms with Crippen LogP contribution >= 0.6 is 0 Å².